The molecule has 1 heterocycles. The number of primary sulfonamides is 1. The van der Waals surface area contributed by atoms with Crippen molar-refractivity contribution in [1.29, 1.82) is 0 Å². The monoisotopic (exact) mass is 311 g/mol. The van der Waals surface area contributed by atoms with Crippen LogP contribution in [0, 0.1) is 0 Å². The third-order valence-electron chi connectivity index (χ3n) is 3.77. The molecule has 1 aromatic carbocycles. The molecule has 1 atom stereocenters. The van der Waals surface area contributed by atoms with Gasteiger partial charge in [0.2, 0.25) is 15.9 Å². The summed E-state index contributed by atoms with van der Waals surface area (Å²) in [6, 6.07) is 5.66. The Balaban J connectivity index is 1.99. The quantitative estimate of drug-likeness (QED) is 0.872. The third-order valence-corrected chi connectivity index (χ3v) is 4.70. The maximum absolute atomic E-state index is 12.2. The summed E-state index contributed by atoms with van der Waals surface area (Å²) in [7, 11) is -3.70. The maximum Gasteiger partial charge on any atom is 0.241 e. The number of nitrogens with zero attached hydrogens (tertiary/aromatic N) is 1. The Kier molecular flexibility index (Phi) is 4.97. The van der Waals surface area contributed by atoms with Crippen LogP contribution in [0.1, 0.15) is 26.2 Å². The summed E-state index contributed by atoms with van der Waals surface area (Å²) in [5, 5.41) is 7.83. The molecular weight excluding hydrogens is 290 g/mol. The average molecular weight is 311 g/mol. The SMILES string of the molecule is C[C@@H](C(=O)Nc1ccc(S(N)(=O)=O)cc1)N1CCCCC1. The lowest BCUT2D eigenvalue weighted by Crippen LogP contribution is -2.44. The number of hydrogen-bond acceptors (Lipinski definition) is 4. The normalized spacial score (nSPS) is 18.2. The van der Waals surface area contributed by atoms with E-state index in [0.717, 1.165) is 25.9 Å². The van der Waals surface area contributed by atoms with Crippen molar-refractivity contribution < 1.29 is 13.2 Å². The van der Waals surface area contributed by atoms with E-state index in [0.29, 0.717) is 5.69 Å². The fraction of sp³-hybridized carbons (Fsp3) is 0.500. The van der Waals surface area contributed by atoms with Crippen molar-refractivity contribution in [3.8, 4) is 0 Å². The van der Waals surface area contributed by atoms with Gasteiger partial charge in [0.1, 0.15) is 0 Å². The summed E-state index contributed by atoms with van der Waals surface area (Å²) in [5.74, 6) is -0.0831. The van der Waals surface area contributed by atoms with Gasteiger partial charge in [0.15, 0.2) is 0 Å². The second-order valence-electron chi connectivity index (χ2n) is 5.33. The smallest absolute Gasteiger partial charge is 0.241 e. The molecule has 0 unspecified atom stereocenters. The molecule has 1 saturated heterocycles. The highest BCUT2D eigenvalue weighted by Crippen LogP contribution is 2.16. The molecule has 0 aromatic heterocycles. The van der Waals surface area contributed by atoms with Crippen LogP contribution in [0.4, 0.5) is 5.69 Å². The predicted molar refractivity (Wildman–Crippen MR) is 81.3 cm³/mol. The number of carbonyl (C=O) groups is 1. The molecular formula is C14H21N3O3S. The van der Waals surface area contributed by atoms with Crippen LogP contribution >= 0.6 is 0 Å². The second-order valence-corrected chi connectivity index (χ2v) is 6.89. The summed E-state index contributed by atoms with van der Waals surface area (Å²) in [4.78, 5) is 14.4. The van der Waals surface area contributed by atoms with Gasteiger partial charge < -0.3 is 5.32 Å². The molecule has 0 aliphatic carbocycles. The number of nitrogens with two attached hydrogens (primary N) is 1. The minimum Gasteiger partial charge on any atom is -0.325 e. The summed E-state index contributed by atoms with van der Waals surface area (Å²) < 4.78 is 22.3. The number of amides is 1. The lowest BCUT2D eigenvalue weighted by Gasteiger charge is -2.31. The van der Waals surface area contributed by atoms with Gasteiger partial charge >= 0.3 is 0 Å². The molecule has 0 bridgehead atoms. The average Bonchev–Trinajstić information content (AvgIpc) is 2.47. The van der Waals surface area contributed by atoms with E-state index in [4.69, 9.17) is 5.14 Å². The van der Waals surface area contributed by atoms with Gasteiger partial charge in [0.05, 0.1) is 10.9 Å². The molecule has 1 amide bonds. The van der Waals surface area contributed by atoms with Crippen molar-refractivity contribution in [3.05, 3.63) is 24.3 Å². The van der Waals surface area contributed by atoms with Crippen LogP contribution in [-0.4, -0.2) is 38.4 Å². The zero-order valence-corrected chi connectivity index (χ0v) is 12.9. The van der Waals surface area contributed by atoms with E-state index in [2.05, 4.69) is 10.2 Å². The summed E-state index contributed by atoms with van der Waals surface area (Å²) in [6.45, 7) is 3.78. The number of sulfonamides is 1. The maximum atomic E-state index is 12.2. The molecule has 1 aromatic rings. The van der Waals surface area contributed by atoms with Crippen molar-refractivity contribution in [2.45, 2.75) is 37.1 Å². The van der Waals surface area contributed by atoms with Gasteiger partial charge in [0, 0.05) is 5.69 Å². The number of hydrogen-bond donors (Lipinski definition) is 2. The largest absolute Gasteiger partial charge is 0.325 e. The van der Waals surface area contributed by atoms with Crippen LogP contribution in [0.5, 0.6) is 0 Å². The van der Waals surface area contributed by atoms with E-state index in [-0.39, 0.29) is 16.8 Å². The number of piperidine rings is 1. The molecule has 7 heteroatoms. The first-order valence-corrected chi connectivity index (χ1v) is 8.60. The fourth-order valence-electron chi connectivity index (χ4n) is 2.45. The molecule has 21 heavy (non-hydrogen) atoms. The second kappa shape index (κ2) is 6.55. The van der Waals surface area contributed by atoms with Crippen molar-refractivity contribution >= 4 is 21.6 Å². The van der Waals surface area contributed by atoms with Crippen LogP contribution in [0.3, 0.4) is 0 Å². The Labute approximate surface area is 125 Å². The Hall–Kier alpha value is -1.44. The van der Waals surface area contributed by atoms with Crippen molar-refractivity contribution in [2.24, 2.45) is 5.14 Å². The fourth-order valence-corrected chi connectivity index (χ4v) is 2.96. The number of nitrogens with one attached hydrogen (secondary N) is 1. The first kappa shape index (κ1) is 15.9. The molecule has 0 radical (unpaired) electrons. The Morgan fingerprint density at radius 3 is 2.29 bits per heavy atom. The van der Waals surface area contributed by atoms with E-state index in [1.165, 1.54) is 18.6 Å². The minimum atomic E-state index is -3.70. The first-order chi connectivity index (χ1) is 9.88. The highest BCUT2D eigenvalue weighted by atomic mass is 32.2. The topological polar surface area (TPSA) is 92.5 Å². The Morgan fingerprint density at radius 1 is 1.19 bits per heavy atom. The number of likely N-dealkylation sites (tertiary alicyclic amines) is 1. The zero-order chi connectivity index (χ0) is 15.5. The Morgan fingerprint density at radius 2 is 1.76 bits per heavy atom. The van der Waals surface area contributed by atoms with E-state index in [1.54, 1.807) is 12.1 Å². The van der Waals surface area contributed by atoms with E-state index in [9.17, 15) is 13.2 Å². The predicted octanol–water partition coefficient (Wildman–Crippen LogP) is 1.15. The molecule has 1 fully saturated rings. The summed E-state index contributed by atoms with van der Waals surface area (Å²) in [5.41, 5.74) is 0.566. The standard InChI is InChI=1S/C14H21N3O3S/c1-11(17-9-3-2-4-10-17)14(18)16-12-5-7-13(8-6-12)21(15,19)20/h5-8,11H,2-4,9-10H2,1H3,(H,16,18)(H2,15,19,20)/t11-/m0/s1. The van der Waals surface area contributed by atoms with Gasteiger partial charge in [-0.1, -0.05) is 6.42 Å². The van der Waals surface area contributed by atoms with Crippen molar-refractivity contribution in [1.82, 2.24) is 4.90 Å². The molecule has 6 nitrogen and oxygen atoms in total. The van der Waals surface area contributed by atoms with Gasteiger partial charge in [0.25, 0.3) is 0 Å². The third kappa shape index (κ3) is 4.26. The van der Waals surface area contributed by atoms with Crippen LogP contribution in [0.15, 0.2) is 29.2 Å². The molecule has 116 valence electrons. The molecule has 0 spiro atoms. The lowest BCUT2D eigenvalue weighted by molar-refractivity contribution is -0.121. The molecule has 3 N–H and O–H groups in total. The summed E-state index contributed by atoms with van der Waals surface area (Å²) in [6.07, 6.45) is 3.47. The van der Waals surface area contributed by atoms with Gasteiger partial charge in [-0.05, 0) is 57.1 Å². The van der Waals surface area contributed by atoms with Crippen molar-refractivity contribution in [3.63, 3.8) is 0 Å². The summed E-state index contributed by atoms with van der Waals surface area (Å²) >= 11 is 0. The van der Waals surface area contributed by atoms with Gasteiger partial charge in [-0.3, -0.25) is 9.69 Å². The number of benzene rings is 1. The number of carbonyl (C=O) groups excluding carboxylic acids is 1. The number of anilines is 1. The van der Waals surface area contributed by atoms with E-state index in [1.807, 2.05) is 6.92 Å². The van der Waals surface area contributed by atoms with Gasteiger partial charge in [-0.25, -0.2) is 13.6 Å². The van der Waals surface area contributed by atoms with Gasteiger partial charge in [-0.2, -0.15) is 0 Å². The molecule has 2 rings (SSSR count). The molecule has 0 saturated carbocycles. The lowest BCUT2D eigenvalue weighted by atomic mass is 10.1. The van der Waals surface area contributed by atoms with Crippen LogP contribution < -0.4 is 10.5 Å². The van der Waals surface area contributed by atoms with Gasteiger partial charge in [-0.15, -0.1) is 0 Å². The highest BCUT2D eigenvalue weighted by molar-refractivity contribution is 7.89. The van der Waals surface area contributed by atoms with Crippen LogP contribution in [0.25, 0.3) is 0 Å². The zero-order valence-electron chi connectivity index (χ0n) is 12.1. The van der Waals surface area contributed by atoms with E-state index >= 15 is 0 Å². The first-order valence-electron chi connectivity index (χ1n) is 7.06. The number of rotatable bonds is 4. The van der Waals surface area contributed by atoms with Crippen molar-refractivity contribution in [2.75, 3.05) is 18.4 Å². The van der Waals surface area contributed by atoms with E-state index < -0.39 is 10.0 Å². The van der Waals surface area contributed by atoms with Crippen LogP contribution in [0.2, 0.25) is 0 Å². The molecule has 1 aliphatic rings. The highest BCUT2D eigenvalue weighted by Gasteiger charge is 2.22. The molecule has 1 aliphatic heterocycles. The Bertz CT molecular complexity index is 592. The minimum absolute atomic E-state index is 0.0320. The van der Waals surface area contributed by atoms with Crippen LogP contribution in [-0.2, 0) is 14.8 Å².